The molecule has 2 aliphatic rings. The van der Waals surface area contributed by atoms with Gasteiger partial charge in [0.15, 0.2) is 0 Å². The van der Waals surface area contributed by atoms with Gasteiger partial charge in [-0.2, -0.15) is 0 Å². The molecule has 30 heavy (non-hydrogen) atoms. The van der Waals surface area contributed by atoms with Crippen molar-refractivity contribution in [1.29, 1.82) is 0 Å². The van der Waals surface area contributed by atoms with Gasteiger partial charge in [0.25, 0.3) is 6.71 Å². The molecular formula is C26H20BNO2. The van der Waals surface area contributed by atoms with Gasteiger partial charge >= 0.3 is 0 Å². The molecule has 0 atom stereocenters. The molecule has 0 radical (unpaired) electrons. The van der Waals surface area contributed by atoms with Gasteiger partial charge in [-0.15, -0.1) is 0 Å². The van der Waals surface area contributed by atoms with Crippen LogP contribution in [0, 0.1) is 0 Å². The topological polar surface area (TPSA) is 31.4 Å². The van der Waals surface area contributed by atoms with E-state index in [4.69, 9.17) is 10.8 Å². The second-order valence-electron chi connectivity index (χ2n) is 8.00. The summed E-state index contributed by atoms with van der Waals surface area (Å²) in [6.07, 6.45) is 1.77. The molecule has 0 bridgehead atoms. The van der Waals surface area contributed by atoms with Gasteiger partial charge in [-0.3, -0.25) is 4.98 Å². The van der Waals surface area contributed by atoms with Gasteiger partial charge < -0.3 is 9.47 Å². The van der Waals surface area contributed by atoms with Crippen molar-refractivity contribution >= 4 is 23.1 Å². The molecule has 0 aliphatic carbocycles. The Balaban J connectivity index is 1.61. The highest BCUT2D eigenvalue weighted by Crippen LogP contribution is 2.40. The van der Waals surface area contributed by atoms with Gasteiger partial charge in [-0.05, 0) is 58.8 Å². The summed E-state index contributed by atoms with van der Waals surface area (Å²) < 4.78 is 21.2. The number of fused-ring (bicyclic) bond motifs is 4. The zero-order chi connectivity index (χ0) is 21.2. The van der Waals surface area contributed by atoms with Gasteiger partial charge in [-0.1, -0.05) is 50.2 Å². The second-order valence-corrected chi connectivity index (χ2v) is 8.00. The fourth-order valence-electron chi connectivity index (χ4n) is 4.48. The van der Waals surface area contributed by atoms with E-state index in [0.29, 0.717) is 0 Å². The average molecular weight is 390 g/mol. The molecule has 3 heterocycles. The monoisotopic (exact) mass is 390 g/mol. The maximum Gasteiger partial charge on any atom is 0.260 e. The Labute approximate surface area is 177 Å². The first-order chi connectivity index (χ1) is 15.0. The van der Waals surface area contributed by atoms with Crippen molar-refractivity contribution in [3.8, 4) is 34.3 Å². The summed E-state index contributed by atoms with van der Waals surface area (Å²) in [7, 11) is 0. The van der Waals surface area contributed by atoms with E-state index < -0.39 is 5.89 Å². The Morgan fingerprint density at radius 2 is 1.53 bits per heavy atom. The predicted molar refractivity (Wildman–Crippen MR) is 121 cm³/mol. The van der Waals surface area contributed by atoms with Crippen molar-refractivity contribution in [3.63, 3.8) is 0 Å². The maximum atomic E-state index is 8.42. The molecule has 144 valence electrons. The fraction of sp³-hybridized carbons (Fsp3) is 0.115. The van der Waals surface area contributed by atoms with Crippen LogP contribution < -0.4 is 25.9 Å². The highest BCUT2D eigenvalue weighted by Gasteiger charge is 2.40. The van der Waals surface area contributed by atoms with Gasteiger partial charge in [0.05, 0.1) is 5.69 Å². The Morgan fingerprint density at radius 3 is 2.27 bits per heavy atom. The molecule has 0 spiro atoms. The third-order valence-corrected chi connectivity index (χ3v) is 5.95. The largest absolute Gasteiger partial charge is 0.458 e. The minimum atomic E-state index is -0.707. The number of nitrogens with zero attached hydrogens (tertiary/aromatic N) is 1. The first-order valence-electron chi connectivity index (χ1n) is 10.7. The van der Waals surface area contributed by atoms with Crippen molar-refractivity contribution in [2.45, 2.75) is 19.7 Å². The summed E-state index contributed by atoms with van der Waals surface area (Å²) in [4.78, 5) is 4.63. The van der Waals surface area contributed by atoms with E-state index in [1.165, 1.54) is 0 Å². The van der Waals surface area contributed by atoms with Crippen LogP contribution in [0.15, 0.2) is 79.0 Å². The molecule has 1 aromatic heterocycles. The lowest BCUT2D eigenvalue weighted by Gasteiger charge is -2.33. The van der Waals surface area contributed by atoms with E-state index in [1.807, 2.05) is 62.4 Å². The fourth-order valence-corrected chi connectivity index (χ4v) is 4.48. The maximum absolute atomic E-state index is 8.42. The molecule has 6 rings (SSSR count). The van der Waals surface area contributed by atoms with Crippen LogP contribution in [0.1, 0.15) is 26.7 Å². The van der Waals surface area contributed by atoms with E-state index in [0.717, 1.165) is 56.2 Å². The number of para-hydroxylation sites is 2. The van der Waals surface area contributed by atoms with Crippen molar-refractivity contribution in [2.24, 2.45) is 0 Å². The number of hydrogen-bond donors (Lipinski definition) is 0. The van der Waals surface area contributed by atoms with Crippen molar-refractivity contribution in [3.05, 3.63) is 84.6 Å². The Hall–Kier alpha value is -3.53. The van der Waals surface area contributed by atoms with E-state index in [1.54, 1.807) is 6.20 Å². The Kier molecular flexibility index (Phi) is 3.53. The van der Waals surface area contributed by atoms with Gasteiger partial charge in [-0.25, -0.2) is 0 Å². The van der Waals surface area contributed by atoms with Gasteiger partial charge in [0.1, 0.15) is 23.0 Å². The minimum Gasteiger partial charge on any atom is -0.458 e. The summed E-state index contributed by atoms with van der Waals surface area (Å²) in [5.41, 5.74) is 5.93. The normalized spacial score (nSPS) is 13.9. The lowest BCUT2D eigenvalue weighted by atomic mass is 9.34. The first-order valence-corrected chi connectivity index (χ1v) is 10.2. The van der Waals surface area contributed by atoms with Crippen LogP contribution in [-0.4, -0.2) is 11.7 Å². The lowest BCUT2D eigenvalue weighted by Crippen LogP contribution is -2.57. The minimum absolute atomic E-state index is 0.0376. The highest BCUT2D eigenvalue weighted by molar-refractivity contribution is 6.98. The molecule has 0 amide bonds. The van der Waals surface area contributed by atoms with Gasteiger partial charge in [0, 0.05) is 18.6 Å². The predicted octanol–water partition coefficient (Wildman–Crippen LogP) is 4.60. The van der Waals surface area contributed by atoms with Crippen LogP contribution in [0.3, 0.4) is 0 Å². The molecule has 4 heteroatoms. The van der Waals surface area contributed by atoms with Crippen molar-refractivity contribution in [2.75, 3.05) is 0 Å². The molecule has 0 N–H and O–H groups in total. The van der Waals surface area contributed by atoms with Crippen molar-refractivity contribution < 1.29 is 10.8 Å². The number of pyridine rings is 1. The molecule has 2 aliphatic heterocycles. The highest BCUT2D eigenvalue weighted by atomic mass is 16.5. The SMILES string of the molecule is [2H]C(C)(C)c1ccnc(-c2ccc3c4c2Oc2ccccc2B4c2ccccc2O3)c1. The van der Waals surface area contributed by atoms with Crippen LogP contribution >= 0.6 is 0 Å². The summed E-state index contributed by atoms with van der Waals surface area (Å²) in [5, 5.41) is 0. The second kappa shape index (κ2) is 6.49. The molecule has 3 nitrogen and oxygen atoms in total. The van der Waals surface area contributed by atoms with Crippen LogP contribution in [0.4, 0.5) is 0 Å². The smallest absolute Gasteiger partial charge is 0.260 e. The summed E-state index contributed by atoms with van der Waals surface area (Å²) in [5.74, 6) is 2.62. The van der Waals surface area contributed by atoms with E-state index in [-0.39, 0.29) is 6.71 Å². The number of aromatic nitrogens is 1. The zero-order valence-electron chi connectivity index (χ0n) is 17.8. The van der Waals surface area contributed by atoms with Crippen LogP contribution in [0.25, 0.3) is 11.3 Å². The summed E-state index contributed by atoms with van der Waals surface area (Å²) in [6.45, 7) is 3.81. The van der Waals surface area contributed by atoms with Crippen LogP contribution in [-0.2, 0) is 0 Å². The van der Waals surface area contributed by atoms with Gasteiger partial charge in [0.2, 0.25) is 0 Å². The lowest BCUT2D eigenvalue weighted by molar-refractivity contribution is 0.465. The molecule has 0 fully saturated rings. The number of rotatable bonds is 2. The molecule has 0 saturated heterocycles. The van der Waals surface area contributed by atoms with Crippen molar-refractivity contribution in [1.82, 2.24) is 4.98 Å². The quantitative estimate of drug-likeness (QED) is 0.405. The molecule has 3 aromatic carbocycles. The number of ether oxygens (including phenoxy) is 2. The van der Waals surface area contributed by atoms with E-state index in [9.17, 15) is 0 Å². The first kappa shape index (κ1) is 16.3. The molecule has 0 saturated carbocycles. The molecule has 0 unspecified atom stereocenters. The summed E-state index contributed by atoms with van der Waals surface area (Å²) >= 11 is 0. The Bertz CT molecular complexity index is 1330. The van der Waals surface area contributed by atoms with E-state index >= 15 is 0 Å². The third kappa shape index (κ3) is 2.50. The van der Waals surface area contributed by atoms with Crippen LogP contribution in [0.5, 0.6) is 23.0 Å². The van der Waals surface area contributed by atoms with E-state index in [2.05, 4.69) is 29.2 Å². The number of benzene rings is 3. The third-order valence-electron chi connectivity index (χ3n) is 5.95. The standard InChI is InChI=1S/C26H20BNO2/c1-16(2)17-13-14-28-21(15-17)18-11-12-24-25-26(18)30-23-10-6-4-8-20(23)27(25)19-7-3-5-9-22(19)29-24/h3-16H,1-2H3/i16D. The molecular weight excluding hydrogens is 369 g/mol. The Morgan fingerprint density at radius 1 is 0.833 bits per heavy atom. The zero-order valence-corrected chi connectivity index (χ0v) is 16.8. The van der Waals surface area contributed by atoms with Crippen LogP contribution in [0.2, 0.25) is 0 Å². The molecule has 4 aromatic rings. The summed E-state index contributed by atoms with van der Waals surface area (Å²) in [6, 6.07) is 24.3. The average Bonchev–Trinajstić information content (AvgIpc) is 2.78. The number of hydrogen-bond acceptors (Lipinski definition) is 3.